The van der Waals surface area contributed by atoms with Gasteiger partial charge in [0.15, 0.2) is 0 Å². The molecule has 1 N–H and O–H groups in total. The zero-order valence-electron chi connectivity index (χ0n) is 12.1. The Morgan fingerprint density at radius 2 is 2.05 bits per heavy atom. The Labute approximate surface area is 115 Å². The maximum absolute atomic E-state index is 4.37. The second-order valence-corrected chi connectivity index (χ2v) is 5.83. The van der Waals surface area contributed by atoms with Crippen LogP contribution in [-0.4, -0.2) is 45.3 Å². The van der Waals surface area contributed by atoms with E-state index < -0.39 is 0 Å². The summed E-state index contributed by atoms with van der Waals surface area (Å²) in [6, 6.07) is 0.949. The van der Waals surface area contributed by atoms with Gasteiger partial charge in [-0.25, -0.2) is 0 Å². The van der Waals surface area contributed by atoms with E-state index in [1.165, 1.54) is 44.7 Å². The summed E-state index contributed by atoms with van der Waals surface area (Å²) in [5.41, 5.74) is 0. The van der Waals surface area contributed by atoms with Crippen LogP contribution in [0.15, 0.2) is 0 Å². The number of nitrogens with one attached hydrogen (secondary N) is 1. The average Bonchev–Trinajstić information content (AvgIpc) is 3.01. The van der Waals surface area contributed by atoms with Crippen molar-refractivity contribution in [3.05, 3.63) is 11.6 Å². The van der Waals surface area contributed by atoms with Crippen LogP contribution in [0.4, 0.5) is 0 Å². The van der Waals surface area contributed by atoms with Crippen molar-refractivity contribution in [1.82, 2.24) is 25.0 Å². The molecular formula is C14H25N5. The monoisotopic (exact) mass is 263 g/mol. The van der Waals surface area contributed by atoms with E-state index >= 15 is 0 Å². The van der Waals surface area contributed by atoms with Gasteiger partial charge in [0, 0.05) is 19.0 Å². The van der Waals surface area contributed by atoms with Crippen LogP contribution >= 0.6 is 0 Å². The quantitative estimate of drug-likeness (QED) is 0.891. The van der Waals surface area contributed by atoms with Crippen LogP contribution in [0.25, 0.3) is 0 Å². The van der Waals surface area contributed by atoms with E-state index in [4.69, 9.17) is 0 Å². The van der Waals surface area contributed by atoms with E-state index in [2.05, 4.69) is 38.8 Å². The van der Waals surface area contributed by atoms with Gasteiger partial charge in [-0.1, -0.05) is 6.92 Å². The third-order valence-corrected chi connectivity index (χ3v) is 4.55. The molecule has 1 atom stereocenters. The molecule has 0 saturated carbocycles. The van der Waals surface area contributed by atoms with E-state index in [1.807, 2.05) is 0 Å². The second kappa shape index (κ2) is 5.59. The highest BCUT2D eigenvalue weighted by Crippen LogP contribution is 2.20. The summed E-state index contributed by atoms with van der Waals surface area (Å²) in [5, 5.41) is 12.4. The predicted octanol–water partition coefficient (Wildman–Crippen LogP) is 1.36. The van der Waals surface area contributed by atoms with Crippen molar-refractivity contribution in [2.75, 3.05) is 19.6 Å². The Hall–Kier alpha value is -0.940. The number of aromatic nitrogens is 3. The van der Waals surface area contributed by atoms with Crippen LogP contribution in [0.5, 0.6) is 0 Å². The van der Waals surface area contributed by atoms with Crippen LogP contribution in [0.1, 0.15) is 50.8 Å². The Bertz CT molecular complexity index is 419. The summed E-state index contributed by atoms with van der Waals surface area (Å²) in [5.74, 6) is 2.30. The molecule has 0 amide bonds. The first-order valence-corrected chi connectivity index (χ1v) is 7.68. The lowest BCUT2D eigenvalue weighted by atomic mass is 10.0. The minimum absolute atomic E-state index is 0.317. The third kappa shape index (κ3) is 2.67. The number of hydrogen-bond donors (Lipinski definition) is 1. The van der Waals surface area contributed by atoms with Gasteiger partial charge in [0.2, 0.25) is 0 Å². The van der Waals surface area contributed by atoms with Crippen molar-refractivity contribution in [3.8, 4) is 0 Å². The van der Waals surface area contributed by atoms with E-state index in [1.54, 1.807) is 0 Å². The first-order valence-electron chi connectivity index (χ1n) is 7.68. The Morgan fingerprint density at radius 3 is 2.79 bits per heavy atom. The van der Waals surface area contributed by atoms with Crippen molar-refractivity contribution >= 4 is 0 Å². The van der Waals surface area contributed by atoms with Gasteiger partial charge in [0.1, 0.15) is 11.6 Å². The fourth-order valence-electron chi connectivity index (χ4n) is 3.34. The Morgan fingerprint density at radius 1 is 1.26 bits per heavy atom. The minimum atomic E-state index is 0.317. The molecule has 0 aliphatic carbocycles. The lowest BCUT2D eigenvalue weighted by Gasteiger charge is -2.33. The number of piperidine rings is 1. The maximum Gasteiger partial charge on any atom is 0.149 e. The molecule has 2 aliphatic heterocycles. The number of nitrogens with zero attached hydrogens (tertiary/aromatic N) is 4. The molecule has 1 unspecified atom stereocenters. The molecule has 5 heteroatoms. The minimum Gasteiger partial charge on any atom is -0.314 e. The van der Waals surface area contributed by atoms with Crippen LogP contribution in [0.2, 0.25) is 0 Å². The van der Waals surface area contributed by atoms with Crippen molar-refractivity contribution in [3.63, 3.8) is 0 Å². The molecule has 1 saturated heterocycles. The molecule has 1 fully saturated rings. The first kappa shape index (κ1) is 13.1. The normalized spacial score (nSPS) is 22.6. The topological polar surface area (TPSA) is 46.0 Å². The number of rotatable bonds is 4. The molecule has 3 rings (SSSR count). The van der Waals surface area contributed by atoms with Gasteiger partial charge in [-0.3, -0.25) is 0 Å². The largest absolute Gasteiger partial charge is 0.314 e. The molecular weight excluding hydrogens is 238 g/mol. The first-order chi connectivity index (χ1) is 9.28. The second-order valence-electron chi connectivity index (χ2n) is 5.83. The van der Waals surface area contributed by atoms with E-state index in [0.29, 0.717) is 12.1 Å². The number of likely N-dealkylation sites (tertiary alicyclic amines) is 1. The standard InChI is InChI=1S/C14H25N5/c1-3-18-9-6-12(7-10-18)15-11(2)14-17-16-13-5-4-8-19(13)14/h11-12,15H,3-10H2,1-2H3. The summed E-state index contributed by atoms with van der Waals surface area (Å²) >= 11 is 0. The summed E-state index contributed by atoms with van der Waals surface area (Å²) in [6.45, 7) is 9.19. The van der Waals surface area contributed by atoms with Gasteiger partial charge < -0.3 is 14.8 Å². The summed E-state index contributed by atoms with van der Waals surface area (Å²) < 4.78 is 2.30. The molecule has 2 aliphatic rings. The van der Waals surface area contributed by atoms with Gasteiger partial charge in [0.05, 0.1) is 6.04 Å². The van der Waals surface area contributed by atoms with Crippen LogP contribution in [0, 0.1) is 0 Å². The fourth-order valence-corrected chi connectivity index (χ4v) is 3.34. The van der Waals surface area contributed by atoms with Gasteiger partial charge in [-0.05, 0) is 45.8 Å². The number of aryl methyl sites for hydroxylation is 1. The van der Waals surface area contributed by atoms with Crippen LogP contribution < -0.4 is 5.32 Å². The molecule has 3 heterocycles. The summed E-state index contributed by atoms with van der Waals surface area (Å²) in [6.07, 6.45) is 4.81. The van der Waals surface area contributed by atoms with Crippen molar-refractivity contribution in [2.45, 2.75) is 58.2 Å². The highest BCUT2D eigenvalue weighted by Gasteiger charge is 2.24. The zero-order chi connectivity index (χ0) is 13.2. The van der Waals surface area contributed by atoms with Crippen LogP contribution in [-0.2, 0) is 13.0 Å². The fraction of sp³-hybridized carbons (Fsp3) is 0.857. The average molecular weight is 263 g/mol. The van der Waals surface area contributed by atoms with E-state index in [9.17, 15) is 0 Å². The number of hydrogen-bond acceptors (Lipinski definition) is 4. The van der Waals surface area contributed by atoms with Gasteiger partial charge in [0.25, 0.3) is 0 Å². The maximum atomic E-state index is 4.37. The third-order valence-electron chi connectivity index (χ3n) is 4.55. The summed E-state index contributed by atoms with van der Waals surface area (Å²) in [4.78, 5) is 2.53. The lowest BCUT2D eigenvalue weighted by molar-refractivity contribution is 0.199. The Balaban J connectivity index is 1.58. The van der Waals surface area contributed by atoms with Crippen molar-refractivity contribution in [1.29, 1.82) is 0 Å². The van der Waals surface area contributed by atoms with Gasteiger partial charge >= 0.3 is 0 Å². The highest BCUT2D eigenvalue weighted by molar-refractivity contribution is 5.04. The Kier molecular flexibility index (Phi) is 3.84. The molecule has 5 nitrogen and oxygen atoms in total. The molecule has 0 bridgehead atoms. The van der Waals surface area contributed by atoms with Crippen molar-refractivity contribution < 1.29 is 0 Å². The van der Waals surface area contributed by atoms with E-state index in [0.717, 1.165) is 18.8 Å². The molecule has 1 aromatic rings. The molecule has 19 heavy (non-hydrogen) atoms. The number of fused-ring (bicyclic) bond motifs is 1. The van der Waals surface area contributed by atoms with Gasteiger partial charge in [-0.2, -0.15) is 0 Å². The lowest BCUT2D eigenvalue weighted by Crippen LogP contribution is -2.43. The van der Waals surface area contributed by atoms with Crippen molar-refractivity contribution in [2.24, 2.45) is 0 Å². The van der Waals surface area contributed by atoms with Crippen LogP contribution in [0.3, 0.4) is 0 Å². The molecule has 0 radical (unpaired) electrons. The smallest absolute Gasteiger partial charge is 0.149 e. The highest BCUT2D eigenvalue weighted by atomic mass is 15.3. The predicted molar refractivity (Wildman–Crippen MR) is 75.0 cm³/mol. The summed E-state index contributed by atoms with van der Waals surface area (Å²) in [7, 11) is 0. The molecule has 1 aromatic heterocycles. The zero-order valence-corrected chi connectivity index (χ0v) is 12.1. The molecule has 0 spiro atoms. The molecule has 0 aromatic carbocycles. The SMILES string of the molecule is CCN1CCC(NC(C)c2nnc3n2CCC3)CC1. The van der Waals surface area contributed by atoms with E-state index in [-0.39, 0.29) is 0 Å². The molecule has 106 valence electrons. The van der Waals surface area contributed by atoms with Gasteiger partial charge in [-0.15, -0.1) is 10.2 Å².